The van der Waals surface area contributed by atoms with Crippen molar-refractivity contribution >= 4 is 5.91 Å². The van der Waals surface area contributed by atoms with Crippen LogP contribution in [0.15, 0.2) is 53.6 Å². The van der Waals surface area contributed by atoms with E-state index in [9.17, 15) is 9.59 Å². The fourth-order valence-electron chi connectivity index (χ4n) is 3.13. The second-order valence-corrected chi connectivity index (χ2v) is 8.50. The molecule has 0 aliphatic carbocycles. The molecule has 8 nitrogen and oxygen atoms in total. The van der Waals surface area contributed by atoms with Crippen LogP contribution >= 0.6 is 0 Å². The molecule has 0 spiro atoms. The molecule has 31 heavy (non-hydrogen) atoms. The molecule has 8 heteroatoms. The van der Waals surface area contributed by atoms with Gasteiger partial charge >= 0.3 is 0 Å². The van der Waals surface area contributed by atoms with Crippen LogP contribution in [0.2, 0.25) is 0 Å². The summed E-state index contributed by atoms with van der Waals surface area (Å²) >= 11 is 0. The van der Waals surface area contributed by atoms with Crippen LogP contribution in [0.25, 0.3) is 5.82 Å². The molecule has 2 heterocycles. The number of hydrogen-bond donors (Lipinski definition) is 1. The van der Waals surface area contributed by atoms with Crippen molar-refractivity contribution in [3.63, 3.8) is 0 Å². The van der Waals surface area contributed by atoms with Crippen LogP contribution in [0.1, 0.15) is 38.8 Å². The topological polar surface area (TPSA) is 91.0 Å². The number of amides is 1. The Bertz CT molecular complexity index is 1100. The summed E-state index contributed by atoms with van der Waals surface area (Å²) in [6, 6.07) is 10.8. The third-order valence-corrected chi connectivity index (χ3v) is 4.83. The zero-order valence-electron chi connectivity index (χ0n) is 18.6. The molecule has 3 aromatic rings. The van der Waals surface area contributed by atoms with Crippen LogP contribution in [-0.2, 0) is 16.8 Å². The summed E-state index contributed by atoms with van der Waals surface area (Å²) in [5.41, 5.74) is 1.84. The molecular formula is C23H29N5O3. The molecule has 1 amide bonds. The summed E-state index contributed by atoms with van der Waals surface area (Å²) in [5, 5.41) is 11.2. The maximum atomic E-state index is 12.5. The minimum atomic E-state index is -0.677. The molecule has 0 fully saturated rings. The lowest BCUT2D eigenvalue weighted by Crippen LogP contribution is -2.39. The van der Waals surface area contributed by atoms with Crippen molar-refractivity contribution in [3.05, 3.63) is 70.3 Å². The summed E-state index contributed by atoms with van der Waals surface area (Å²) < 4.78 is 8.85. The standard InChI is InChI=1S/C23H29N5O3/c1-16-7-8-19(18(15-16)23(3,4)5)31-17(2)22(30)24-12-14-28-21(29)10-9-20(26-28)27-13-6-11-25-27/h6-11,13,15,17H,12,14H2,1-5H3,(H,24,30). The molecule has 1 atom stereocenters. The first-order chi connectivity index (χ1) is 14.6. The summed E-state index contributed by atoms with van der Waals surface area (Å²) in [5.74, 6) is 0.976. The lowest BCUT2D eigenvalue weighted by molar-refractivity contribution is -0.127. The van der Waals surface area contributed by atoms with Gasteiger partial charge in [-0.25, -0.2) is 9.36 Å². The van der Waals surface area contributed by atoms with E-state index in [1.165, 1.54) is 10.7 Å². The fourth-order valence-corrected chi connectivity index (χ4v) is 3.13. The van der Waals surface area contributed by atoms with Gasteiger partial charge in [-0.1, -0.05) is 38.5 Å². The first kappa shape index (κ1) is 22.3. The predicted molar refractivity (Wildman–Crippen MR) is 119 cm³/mol. The highest BCUT2D eigenvalue weighted by molar-refractivity contribution is 5.80. The van der Waals surface area contributed by atoms with E-state index in [1.54, 1.807) is 36.1 Å². The molecule has 0 bridgehead atoms. The molecule has 1 unspecified atom stereocenters. The number of hydrogen-bond acceptors (Lipinski definition) is 5. The molecule has 0 aliphatic heterocycles. The van der Waals surface area contributed by atoms with Crippen molar-refractivity contribution in [2.75, 3.05) is 6.54 Å². The Kier molecular flexibility index (Phi) is 6.58. The van der Waals surface area contributed by atoms with Gasteiger partial charge in [-0.15, -0.1) is 5.10 Å². The molecule has 1 N–H and O–H groups in total. The van der Waals surface area contributed by atoms with E-state index in [0.29, 0.717) is 11.6 Å². The van der Waals surface area contributed by atoms with E-state index in [2.05, 4.69) is 42.4 Å². The third-order valence-electron chi connectivity index (χ3n) is 4.83. The lowest BCUT2D eigenvalue weighted by atomic mass is 9.85. The lowest BCUT2D eigenvalue weighted by Gasteiger charge is -2.25. The van der Waals surface area contributed by atoms with Gasteiger partial charge in [0, 0.05) is 25.0 Å². The Morgan fingerprint density at radius 1 is 1.23 bits per heavy atom. The van der Waals surface area contributed by atoms with Crippen molar-refractivity contribution in [1.29, 1.82) is 0 Å². The largest absolute Gasteiger partial charge is 0.481 e. The minimum absolute atomic E-state index is 0.107. The SMILES string of the molecule is Cc1ccc(OC(C)C(=O)NCCn2nc(-n3cccn3)ccc2=O)c(C(C)(C)C)c1. The molecule has 3 rings (SSSR count). The van der Waals surface area contributed by atoms with Crippen LogP contribution in [0, 0.1) is 6.92 Å². The fraction of sp³-hybridized carbons (Fsp3) is 0.391. The third kappa shape index (κ3) is 5.59. The molecular weight excluding hydrogens is 394 g/mol. The quantitative estimate of drug-likeness (QED) is 0.631. The van der Waals surface area contributed by atoms with Crippen molar-refractivity contribution in [2.45, 2.75) is 52.7 Å². The van der Waals surface area contributed by atoms with Gasteiger partial charge in [0.05, 0.1) is 6.54 Å². The number of carbonyl (C=O) groups is 1. The number of benzene rings is 1. The average molecular weight is 424 g/mol. The number of nitrogens with one attached hydrogen (secondary N) is 1. The van der Waals surface area contributed by atoms with Gasteiger partial charge < -0.3 is 10.1 Å². The highest BCUT2D eigenvalue weighted by atomic mass is 16.5. The Hall–Kier alpha value is -3.42. The Balaban J connectivity index is 1.61. The highest BCUT2D eigenvalue weighted by Crippen LogP contribution is 2.32. The van der Waals surface area contributed by atoms with E-state index in [0.717, 1.165) is 11.1 Å². The van der Waals surface area contributed by atoms with Gasteiger partial charge in [-0.2, -0.15) is 5.10 Å². The van der Waals surface area contributed by atoms with Gasteiger partial charge in [0.1, 0.15) is 5.75 Å². The number of carbonyl (C=O) groups excluding carboxylic acids is 1. The number of rotatable bonds is 7. The molecule has 0 saturated carbocycles. The van der Waals surface area contributed by atoms with E-state index >= 15 is 0 Å². The Labute approximate surface area is 181 Å². The molecule has 1 aromatic carbocycles. The normalized spacial score (nSPS) is 12.4. The molecule has 0 saturated heterocycles. The first-order valence-corrected chi connectivity index (χ1v) is 10.3. The smallest absolute Gasteiger partial charge is 0.266 e. The second kappa shape index (κ2) is 9.16. The first-order valence-electron chi connectivity index (χ1n) is 10.3. The summed E-state index contributed by atoms with van der Waals surface area (Å²) in [7, 11) is 0. The molecule has 164 valence electrons. The van der Waals surface area contributed by atoms with Crippen LogP contribution in [0.5, 0.6) is 5.75 Å². The van der Waals surface area contributed by atoms with E-state index in [4.69, 9.17) is 4.74 Å². The maximum Gasteiger partial charge on any atom is 0.266 e. The monoisotopic (exact) mass is 423 g/mol. The van der Waals surface area contributed by atoms with Crippen molar-refractivity contribution in [1.82, 2.24) is 24.9 Å². The number of aromatic nitrogens is 4. The summed E-state index contributed by atoms with van der Waals surface area (Å²) in [6.07, 6.45) is 2.70. The predicted octanol–water partition coefficient (Wildman–Crippen LogP) is 2.62. The van der Waals surface area contributed by atoms with Crippen LogP contribution in [-0.4, -0.2) is 38.1 Å². The molecule has 2 aromatic heterocycles. The van der Waals surface area contributed by atoms with Gasteiger partial charge in [-0.05, 0) is 43.0 Å². The van der Waals surface area contributed by atoms with Crippen LogP contribution < -0.4 is 15.6 Å². The van der Waals surface area contributed by atoms with Crippen molar-refractivity contribution < 1.29 is 9.53 Å². The Morgan fingerprint density at radius 2 is 2.00 bits per heavy atom. The van der Waals surface area contributed by atoms with Gasteiger partial charge in [-0.3, -0.25) is 9.59 Å². The Morgan fingerprint density at radius 3 is 2.68 bits per heavy atom. The summed E-state index contributed by atoms with van der Waals surface area (Å²) in [6.45, 7) is 10.6. The van der Waals surface area contributed by atoms with E-state index in [-0.39, 0.29) is 30.0 Å². The molecule has 0 radical (unpaired) electrons. The maximum absolute atomic E-state index is 12.5. The highest BCUT2D eigenvalue weighted by Gasteiger charge is 2.22. The van der Waals surface area contributed by atoms with Gasteiger partial charge in [0.2, 0.25) is 0 Å². The zero-order valence-corrected chi connectivity index (χ0v) is 18.6. The zero-order chi connectivity index (χ0) is 22.6. The van der Waals surface area contributed by atoms with Crippen molar-refractivity contribution in [2.24, 2.45) is 0 Å². The molecule has 0 aliphatic rings. The van der Waals surface area contributed by atoms with E-state index in [1.807, 2.05) is 19.1 Å². The minimum Gasteiger partial charge on any atom is -0.481 e. The van der Waals surface area contributed by atoms with Crippen molar-refractivity contribution in [3.8, 4) is 11.6 Å². The number of nitrogens with zero attached hydrogens (tertiary/aromatic N) is 4. The number of aryl methyl sites for hydroxylation is 1. The van der Waals surface area contributed by atoms with Crippen LogP contribution in [0.4, 0.5) is 0 Å². The average Bonchev–Trinajstić information content (AvgIpc) is 3.24. The van der Waals surface area contributed by atoms with Crippen LogP contribution in [0.3, 0.4) is 0 Å². The van der Waals surface area contributed by atoms with Gasteiger partial charge in [0.25, 0.3) is 11.5 Å². The van der Waals surface area contributed by atoms with Gasteiger partial charge in [0.15, 0.2) is 11.9 Å². The number of ether oxygens (including phenoxy) is 1. The second-order valence-electron chi connectivity index (χ2n) is 8.50. The van der Waals surface area contributed by atoms with E-state index < -0.39 is 6.10 Å². The summed E-state index contributed by atoms with van der Waals surface area (Å²) in [4.78, 5) is 24.6.